The molecule has 2 aromatic carbocycles. The van der Waals surface area contributed by atoms with E-state index in [-0.39, 0.29) is 13.2 Å². The van der Waals surface area contributed by atoms with Gasteiger partial charge in [-0.15, -0.1) is 0 Å². The smallest absolute Gasteiger partial charge is 0.411 e. The molecule has 0 unspecified atom stereocenters. The van der Waals surface area contributed by atoms with Crippen LogP contribution in [-0.2, 0) is 14.3 Å². The molecule has 0 bridgehead atoms. The van der Waals surface area contributed by atoms with E-state index in [4.69, 9.17) is 14.2 Å². The van der Waals surface area contributed by atoms with Gasteiger partial charge in [0.05, 0.1) is 34.8 Å². The van der Waals surface area contributed by atoms with Crippen molar-refractivity contribution < 1.29 is 23.8 Å². The predicted octanol–water partition coefficient (Wildman–Crippen LogP) is 5.16. The molecule has 0 aliphatic rings. The van der Waals surface area contributed by atoms with Crippen molar-refractivity contribution in [3.63, 3.8) is 0 Å². The Bertz CT molecular complexity index is 1430. The molecule has 0 spiro atoms. The maximum absolute atomic E-state index is 12.2. The highest BCUT2D eigenvalue weighted by Crippen LogP contribution is 2.33. The molecule has 1 amide bonds. The third-order valence-electron chi connectivity index (χ3n) is 5.14. The summed E-state index contributed by atoms with van der Waals surface area (Å²) >= 11 is 0. The molecule has 0 saturated carbocycles. The summed E-state index contributed by atoms with van der Waals surface area (Å²) in [4.78, 5) is 23.0. The monoisotopic (exact) mass is 485 g/mol. The van der Waals surface area contributed by atoms with E-state index < -0.39 is 12.1 Å². The molecule has 0 aliphatic heterocycles. The summed E-state index contributed by atoms with van der Waals surface area (Å²) in [6.45, 7) is 2.97. The number of aryl methyl sites for hydroxylation is 1. The molecule has 2 aromatic heterocycles. The number of para-hydroxylation sites is 1. The fraction of sp³-hybridized carbons (Fsp3) is 0.154. The molecule has 0 atom stereocenters. The van der Waals surface area contributed by atoms with E-state index in [9.17, 15) is 14.9 Å². The quantitative estimate of drug-likeness (QED) is 0.259. The van der Waals surface area contributed by atoms with Crippen LogP contribution in [0.3, 0.4) is 0 Å². The highest BCUT2D eigenvalue weighted by Gasteiger charge is 2.18. The number of nitrogens with zero attached hydrogens (tertiary/aromatic N) is 3. The molecular weight excluding hydrogens is 462 g/mol. The second kappa shape index (κ2) is 10.9. The van der Waals surface area contributed by atoms with Crippen LogP contribution in [-0.4, -0.2) is 34.9 Å². The standard InChI is InChI=1S/C26H23N5O5/c1-17-23(30-26(33)35-13-12-34-18(2)32)16-31-25(17)24(19(14-27)15-28-31)29-20-8-10-22(11-9-20)36-21-6-4-3-5-7-21/h3-11,15-16,29H,12-13H2,1-2H3,(H,30,33). The van der Waals surface area contributed by atoms with Crippen molar-refractivity contribution in [3.8, 4) is 17.6 Å². The maximum atomic E-state index is 12.2. The molecular formula is C26H23N5O5. The van der Waals surface area contributed by atoms with E-state index in [0.717, 1.165) is 11.4 Å². The zero-order chi connectivity index (χ0) is 25.5. The second-order valence-electron chi connectivity index (χ2n) is 7.67. The van der Waals surface area contributed by atoms with Crippen molar-refractivity contribution in [1.82, 2.24) is 9.61 Å². The topological polar surface area (TPSA) is 127 Å². The Labute approximate surface area is 207 Å². The number of aromatic nitrogens is 2. The first kappa shape index (κ1) is 24.1. The zero-order valence-corrected chi connectivity index (χ0v) is 19.6. The number of benzene rings is 2. The summed E-state index contributed by atoms with van der Waals surface area (Å²) in [5, 5.41) is 19.9. The van der Waals surface area contributed by atoms with Gasteiger partial charge >= 0.3 is 12.1 Å². The number of esters is 1. The number of nitriles is 1. The van der Waals surface area contributed by atoms with E-state index in [1.165, 1.54) is 13.1 Å². The fourth-order valence-corrected chi connectivity index (χ4v) is 3.47. The summed E-state index contributed by atoms with van der Waals surface area (Å²) in [7, 11) is 0. The van der Waals surface area contributed by atoms with Crippen LogP contribution in [0.4, 0.5) is 21.9 Å². The number of nitrogens with one attached hydrogen (secondary N) is 2. The Hall–Kier alpha value is -5.04. The van der Waals surface area contributed by atoms with E-state index in [0.29, 0.717) is 33.8 Å². The van der Waals surface area contributed by atoms with Crippen LogP contribution in [0, 0.1) is 18.3 Å². The van der Waals surface area contributed by atoms with Gasteiger partial charge in [0.15, 0.2) is 0 Å². The van der Waals surface area contributed by atoms with E-state index in [2.05, 4.69) is 21.8 Å². The van der Waals surface area contributed by atoms with E-state index in [1.807, 2.05) is 54.6 Å². The first-order valence-electron chi connectivity index (χ1n) is 11.0. The van der Waals surface area contributed by atoms with Gasteiger partial charge in [-0.3, -0.25) is 10.1 Å². The molecule has 10 heteroatoms. The molecule has 4 aromatic rings. The Morgan fingerprint density at radius 2 is 1.72 bits per heavy atom. The molecule has 0 aliphatic carbocycles. The Balaban J connectivity index is 1.53. The van der Waals surface area contributed by atoms with Crippen LogP contribution in [0.15, 0.2) is 67.0 Å². The lowest BCUT2D eigenvalue weighted by atomic mass is 10.1. The molecule has 2 heterocycles. The summed E-state index contributed by atoms with van der Waals surface area (Å²) in [6.07, 6.45) is 2.37. The van der Waals surface area contributed by atoms with Crippen molar-refractivity contribution >= 4 is 34.6 Å². The molecule has 182 valence electrons. The van der Waals surface area contributed by atoms with E-state index in [1.54, 1.807) is 17.6 Å². The number of hydrogen-bond acceptors (Lipinski definition) is 8. The van der Waals surface area contributed by atoms with Gasteiger partial charge in [-0.2, -0.15) is 10.4 Å². The highest BCUT2D eigenvalue weighted by molar-refractivity contribution is 5.92. The molecule has 2 N–H and O–H groups in total. The lowest BCUT2D eigenvalue weighted by Gasteiger charge is -2.12. The van der Waals surface area contributed by atoms with Gasteiger partial charge in [0, 0.05) is 18.2 Å². The third-order valence-corrected chi connectivity index (χ3v) is 5.14. The van der Waals surface area contributed by atoms with Crippen LogP contribution >= 0.6 is 0 Å². The Kier molecular flexibility index (Phi) is 7.31. The van der Waals surface area contributed by atoms with Crippen molar-refractivity contribution in [3.05, 3.63) is 78.1 Å². The molecule has 10 nitrogen and oxygen atoms in total. The largest absolute Gasteiger partial charge is 0.462 e. The van der Waals surface area contributed by atoms with Gasteiger partial charge in [-0.05, 0) is 43.3 Å². The van der Waals surface area contributed by atoms with Crippen LogP contribution < -0.4 is 15.4 Å². The maximum Gasteiger partial charge on any atom is 0.411 e. The number of rotatable bonds is 8. The molecule has 36 heavy (non-hydrogen) atoms. The average molecular weight is 486 g/mol. The molecule has 0 fully saturated rings. The normalized spacial score (nSPS) is 10.4. The molecule has 4 rings (SSSR count). The van der Waals surface area contributed by atoms with Crippen LogP contribution in [0.2, 0.25) is 0 Å². The number of ether oxygens (including phenoxy) is 3. The lowest BCUT2D eigenvalue weighted by Crippen LogP contribution is -2.17. The van der Waals surface area contributed by atoms with Crippen LogP contribution in [0.1, 0.15) is 18.1 Å². The van der Waals surface area contributed by atoms with Gasteiger partial charge in [0.25, 0.3) is 0 Å². The van der Waals surface area contributed by atoms with Crippen molar-refractivity contribution in [2.75, 3.05) is 23.8 Å². The van der Waals surface area contributed by atoms with Gasteiger partial charge < -0.3 is 19.5 Å². The van der Waals surface area contributed by atoms with Gasteiger partial charge in [-0.25, -0.2) is 9.31 Å². The minimum atomic E-state index is -0.704. The van der Waals surface area contributed by atoms with Crippen molar-refractivity contribution in [1.29, 1.82) is 5.26 Å². The van der Waals surface area contributed by atoms with Crippen LogP contribution in [0.5, 0.6) is 11.5 Å². The molecule has 0 saturated heterocycles. The van der Waals surface area contributed by atoms with Gasteiger partial charge in [0.1, 0.15) is 30.8 Å². The zero-order valence-electron chi connectivity index (χ0n) is 19.6. The number of amides is 1. The van der Waals surface area contributed by atoms with Crippen LogP contribution in [0.25, 0.3) is 5.52 Å². The number of anilines is 3. The van der Waals surface area contributed by atoms with Crippen molar-refractivity contribution in [2.24, 2.45) is 0 Å². The number of carbonyl (C=O) groups is 2. The first-order chi connectivity index (χ1) is 17.4. The third kappa shape index (κ3) is 5.71. The summed E-state index contributed by atoms with van der Waals surface area (Å²) < 4.78 is 17.2. The summed E-state index contributed by atoms with van der Waals surface area (Å²) in [5.74, 6) is 0.950. The fourth-order valence-electron chi connectivity index (χ4n) is 3.47. The van der Waals surface area contributed by atoms with Gasteiger partial charge in [-0.1, -0.05) is 18.2 Å². The Morgan fingerprint density at radius 3 is 2.42 bits per heavy atom. The first-order valence-corrected chi connectivity index (χ1v) is 11.0. The predicted molar refractivity (Wildman–Crippen MR) is 132 cm³/mol. The number of fused-ring (bicyclic) bond motifs is 1. The summed E-state index contributed by atoms with van der Waals surface area (Å²) in [6, 6.07) is 18.9. The minimum Gasteiger partial charge on any atom is -0.462 e. The number of carbonyl (C=O) groups excluding carboxylic acids is 2. The minimum absolute atomic E-state index is 0.0319. The lowest BCUT2D eigenvalue weighted by molar-refractivity contribution is -0.141. The second-order valence-corrected chi connectivity index (χ2v) is 7.67. The number of hydrogen-bond donors (Lipinski definition) is 2. The van der Waals surface area contributed by atoms with E-state index >= 15 is 0 Å². The summed E-state index contributed by atoms with van der Waals surface area (Å²) in [5.41, 5.74) is 3.38. The molecule has 0 radical (unpaired) electrons. The van der Waals surface area contributed by atoms with Crippen molar-refractivity contribution in [2.45, 2.75) is 13.8 Å². The highest BCUT2D eigenvalue weighted by atomic mass is 16.6. The Morgan fingerprint density at radius 1 is 1.03 bits per heavy atom. The SMILES string of the molecule is CC(=O)OCCOC(=O)Nc1cn2ncc(C#N)c(Nc3ccc(Oc4ccccc4)cc3)c2c1C. The average Bonchev–Trinajstić information content (AvgIpc) is 3.19. The van der Waals surface area contributed by atoms with Gasteiger partial charge in [0.2, 0.25) is 0 Å².